The van der Waals surface area contributed by atoms with E-state index >= 15 is 0 Å². The standard InChI is InChI=1S/C22H20F2N2O4S/c1-31(28,29)16-5-7-19-14(11-16)3-2-10-26(19)22(27)9-8-21-25-13-20(30-21)17-6-4-15(23)12-18(17)24/h4-7,11-13H,2-3,8-10H2,1H3. The molecule has 162 valence electrons. The van der Waals surface area contributed by atoms with E-state index in [1.54, 1.807) is 17.0 Å². The van der Waals surface area contributed by atoms with E-state index in [-0.39, 0.29) is 40.9 Å². The van der Waals surface area contributed by atoms with Gasteiger partial charge in [-0.05, 0) is 48.7 Å². The van der Waals surface area contributed by atoms with Crippen LogP contribution < -0.4 is 4.90 Å². The monoisotopic (exact) mass is 446 g/mol. The van der Waals surface area contributed by atoms with Crippen molar-refractivity contribution in [2.24, 2.45) is 0 Å². The molecule has 0 unspecified atom stereocenters. The Morgan fingerprint density at radius 2 is 2.00 bits per heavy atom. The topological polar surface area (TPSA) is 80.5 Å². The highest BCUT2D eigenvalue weighted by molar-refractivity contribution is 7.90. The van der Waals surface area contributed by atoms with Gasteiger partial charge in [0.1, 0.15) is 11.6 Å². The first kappa shape index (κ1) is 21.2. The zero-order valence-corrected chi connectivity index (χ0v) is 17.6. The third-order valence-corrected chi connectivity index (χ3v) is 6.31. The van der Waals surface area contributed by atoms with Gasteiger partial charge in [0, 0.05) is 37.4 Å². The molecule has 1 aliphatic heterocycles. The molecule has 0 aliphatic carbocycles. The number of carbonyl (C=O) groups excluding carboxylic acids is 1. The number of sulfone groups is 1. The lowest BCUT2D eigenvalue weighted by Crippen LogP contribution is -2.35. The molecule has 0 saturated heterocycles. The van der Waals surface area contributed by atoms with Crippen molar-refractivity contribution in [3.63, 3.8) is 0 Å². The Morgan fingerprint density at radius 1 is 1.19 bits per heavy atom. The molecule has 1 amide bonds. The zero-order valence-electron chi connectivity index (χ0n) is 16.8. The van der Waals surface area contributed by atoms with Crippen molar-refractivity contribution in [3.8, 4) is 11.3 Å². The minimum atomic E-state index is -3.32. The molecule has 0 atom stereocenters. The van der Waals surface area contributed by atoms with Crippen LogP contribution in [0.4, 0.5) is 14.5 Å². The molecule has 9 heteroatoms. The number of hydrogen-bond acceptors (Lipinski definition) is 5. The first-order chi connectivity index (χ1) is 14.7. The van der Waals surface area contributed by atoms with Gasteiger partial charge in [-0.1, -0.05) is 0 Å². The number of carbonyl (C=O) groups is 1. The van der Waals surface area contributed by atoms with Crippen molar-refractivity contribution in [3.05, 3.63) is 65.7 Å². The number of hydrogen-bond donors (Lipinski definition) is 0. The van der Waals surface area contributed by atoms with E-state index in [2.05, 4.69) is 4.98 Å². The van der Waals surface area contributed by atoms with Gasteiger partial charge in [0.15, 0.2) is 21.5 Å². The SMILES string of the molecule is CS(=O)(=O)c1ccc2c(c1)CCCN2C(=O)CCc1ncc(-c2ccc(F)cc2F)o1. The molecule has 0 spiro atoms. The van der Waals surface area contributed by atoms with Crippen LogP contribution in [0.1, 0.15) is 24.3 Å². The highest BCUT2D eigenvalue weighted by Gasteiger charge is 2.24. The average Bonchev–Trinajstić information content (AvgIpc) is 3.19. The minimum Gasteiger partial charge on any atom is -0.441 e. The Hall–Kier alpha value is -3.07. The van der Waals surface area contributed by atoms with Crippen molar-refractivity contribution in [1.82, 2.24) is 4.98 Å². The molecule has 0 fully saturated rings. The number of oxazole rings is 1. The van der Waals surface area contributed by atoms with Gasteiger partial charge < -0.3 is 9.32 Å². The average molecular weight is 446 g/mol. The van der Waals surface area contributed by atoms with Gasteiger partial charge in [-0.15, -0.1) is 0 Å². The second-order valence-electron chi connectivity index (χ2n) is 7.45. The Morgan fingerprint density at radius 3 is 2.74 bits per heavy atom. The van der Waals surface area contributed by atoms with Crippen LogP contribution in [-0.2, 0) is 27.5 Å². The summed E-state index contributed by atoms with van der Waals surface area (Å²) in [6.45, 7) is 0.543. The maximum Gasteiger partial charge on any atom is 0.227 e. The van der Waals surface area contributed by atoms with Crippen LogP contribution in [0.15, 0.2) is 51.9 Å². The lowest BCUT2D eigenvalue weighted by Gasteiger charge is -2.29. The smallest absolute Gasteiger partial charge is 0.227 e. The summed E-state index contributed by atoms with van der Waals surface area (Å²) in [6, 6.07) is 7.98. The second kappa shape index (κ2) is 8.22. The number of amides is 1. The maximum atomic E-state index is 13.9. The van der Waals surface area contributed by atoms with E-state index in [4.69, 9.17) is 4.42 Å². The molecule has 0 saturated carbocycles. The number of anilines is 1. The number of aryl methyl sites for hydroxylation is 2. The van der Waals surface area contributed by atoms with E-state index in [0.717, 1.165) is 30.4 Å². The van der Waals surface area contributed by atoms with Gasteiger partial charge in [0.05, 0.1) is 16.7 Å². The highest BCUT2D eigenvalue weighted by atomic mass is 32.2. The molecule has 2 heterocycles. The Bertz CT molecular complexity index is 1250. The second-order valence-corrected chi connectivity index (χ2v) is 9.47. The lowest BCUT2D eigenvalue weighted by molar-refractivity contribution is -0.118. The van der Waals surface area contributed by atoms with Crippen LogP contribution in [0.3, 0.4) is 0 Å². The van der Waals surface area contributed by atoms with Crippen LogP contribution in [0.25, 0.3) is 11.3 Å². The van der Waals surface area contributed by atoms with Crippen molar-refractivity contribution in [2.45, 2.75) is 30.6 Å². The van der Waals surface area contributed by atoms with Crippen LogP contribution in [0.2, 0.25) is 0 Å². The number of halogens is 2. The quantitative estimate of drug-likeness (QED) is 0.593. The molecule has 2 aromatic carbocycles. The maximum absolute atomic E-state index is 13.9. The molecule has 0 N–H and O–H groups in total. The summed E-state index contributed by atoms with van der Waals surface area (Å²) in [5, 5.41) is 0. The predicted molar refractivity (Wildman–Crippen MR) is 110 cm³/mol. The third-order valence-electron chi connectivity index (χ3n) is 5.20. The number of rotatable bonds is 5. The highest BCUT2D eigenvalue weighted by Crippen LogP contribution is 2.30. The fourth-order valence-corrected chi connectivity index (χ4v) is 4.32. The van der Waals surface area contributed by atoms with Gasteiger partial charge in [0.25, 0.3) is 0 Å². The zero-order chi connectivity index (χ0) is 22.2. The third kappa shape index (κ3) is 4.51. The first-order valence-electron chi connectivity index (χ1n) is 9.76. The Labute approximate surface area is 178 Å². The largest absolute Gasteiger partial charge is 0.441 e. The molecule has 0 radical (unpaired) electrons. The van der Waals surface area contributed by atoms with E-state index in [1.165, 1.54) is 18.3 Å². The van der Waals surface area contributed by atoms with Crippen molar-refractivity contribution >= 4 is 21.4 Å². The van der Waals surface area contributed by atoms with E-state index in [9.17, 15) is 22.0 Å². The van der Waals surface area contributed by atoms with Crippen LogP contribution in [0.5, 0.6) is 0 Å². The number of fused-ring (bicyclic) bond motifs is 1. The summed E-state index contributed by atoms with van der Waals surface area (Å²) in [4.78, 5) is 18.8. The summed E-state index contributed by atoms with van der Waals surface area (Å²) in [7, 11) is -3.32. The van der Waals surface area contributed by atoms with E-state index in [0.29, 0.717) is 18.7 Å². The molecular weight excluding hydrogens is 426 g/mol. The Balaban J connectivity index is 1.46. The molecule has 31 heavy (non-hydrogen) atoms. The first-order valence-corrected chi connectivity index (χ1v) is 11.6. The molecular formula is C22H20F2N2O4S. The van der Waals surface area contributed by atoms with Crippen molar-refractivity contribution in [2.75, 3.05) is 17.7 Å². The van der Waals surface area contributed by atoms with Crippen LogP contribution in [0, 0.1) is 11.6 Å². The molecule has 3 aromatic rings. The Kier molecular flexibility index (Phi) is 5.62. The van der Waals surface area contributed by atoms with Gasteiger partial charge in [0.2, 0.25) is 5.91 Å². The summed E-state index contributed by atoms with van der Waals surface area (Å²) >= 11 is 0. The minimum absolute atomic E-state index is 0.0955. The number of nitrogens with zero attached hydrogens (tertiary/aromatic N) is 2. The molecule has 1 aromatic heterocycles. The van der Waals surface area contributed by atoms with Gasteiger partial charge >= 0.3 is 0 Å². The normalized spacial score (nSPS) is 13.8. The summed E-state index contributed by atoms with van der Waals surface area (Å²) in [5.41, 5.74) is 1.64. The predicted octanol–water partition coefficient (Wildman–Crippen LogP) is 3.94. The van der Waals surface area contributed by atoms with Crippen molar-refractivity contribution < 1.29 is 26.4 Å². The fourth-order valence-electron chi connectivity index (χ4n) is 3.65. The number of benzene rings is 2. The molecule has 1 aliphatic rings. The lowest BCUT2D eigenvalue weighted by atomic mass is 10.0. The van der Waals surface area contributed by atoms with Gasteiger partial charge in [-0.2, -0.15) is 0 Å². The fraction of sp³-hybridized carbons (Fsp3) is 0.273. The van der Waals surface area contributed by atoms with Gasteiger partial charge in [-0.3, -0.25) is 4.79 Å². The van der Waals surface area contributed by atoms with Crippen LogP contribution in [-0.4, -0.2) is 32.1 Å². The summed E-state index contributed by atoms with van der Waals surface area (Å²) in [5.74, 6) is -1.14. The van der Waals surface area contributed by atoms with E-state index < -0.39 is 21.5 Å². The molecule has 6 nitrogen and oxygen atoms in total. The van der Waals surface area contributed by atoms with Gasteiger partial charge in [-0.25, -0.2) is 22.2 Å². The summed E-state index contributed by atoms with van der Waals surface area (Å²) < 4.78 is 56.1. The molecule has 0 bridgehead atoms. The van der Waals surface area contributed by atoms with Crippen molar-refractivity contribution in [1.29, 1.82) is 0 Å². The summed E-state index contributed by atoms with van der Waals surface area (Å²) in [6.07, 6.45) is 4.28. The molecule has 4 rings (SSSR count). The van der Waals surface area contributed by atoms with Crippen LogP contribution >= 0.6 is 0 Å². The number of aromatic nitrogens is 1. The van der Waals surface area contributed by atoms with E-state index in [1.807, 2.05) is 0 Å².